The summed E-state index contributed by atoms with van der Waals surface area (Å²) in [5.74, 6) is -1.22. The molecule has 6 heteroatoms. The van der Waals surface area contributed by atoms with Crippen LogP contribution in [0.25, 0.3) is 0 Å². The number of nitrogens with zero attached hydrogens (tertiary/aromatic N) is 1. The van der Waals surface area contributed by atoms with Gasteiger partial charge in [-0.25, -0.2) is 0 Å². The van der Waals surface area contributed by atoms with Crippen molar-refractivity contribution in [2.24, 2.45) is 0 Å². The summed E-state index contributed by atoms with van der Waals surface area (Å²) in [5, 5.41) is 9.44. The minimum absolute atomic E-state index is 0.195. The predicted molar refractivity (Wildman–Crippen MR) is 75.9 cm³/mol. The summed E-state index contributed by atoms with van der Waals surface area (Å²) in [4.78, 5) is 24.0. The van der Waals surface area contributed by atoms with Gasteiger partial charge in [-0.3, -0.25) is 9.59 Å². The molecule has 0 spiro atoms. The van der Waals surface area contributed by atoms with Crippen molar-refractivity contribution in [3.05, 3.63) is 34.9 Å². The standard InChI is InChI=1S/C14H18ClNO4/c1-20-9-8-16(10-14(18)19)13(17)7-4-11-2-5-12(15)6-3-11/h2-3,5-6H,4,7-10H2,1H3,(H,18,19). The second-order valence-electron chi connectivity index (χ2n) is 4.33. The normalized spacial score (nSPS) is 10.3. The second-order valence-corrected chi connectivity index (χ2v) is 4.76. The van der Waals surface area contributed by atoms with Crippen LogP contribution in [-0.4, -0.2) is 48.7 Å². The maximum Gasteiger partial charge on any atom is 0.323 e. The quantitative estimate of drug-likeness (QED) is 0.795. The Morgan fingerprint density at radius 1 is 1.30 bits per heavy atom. The molecule has 0 bridgehead atoms. The van der Waals surface area contributed by atoms with Gasteiger partial charge in [0.1, 0.15) is 6.54 Å². The molecule has 0 saturated carbocycles. The van der Waals surface area contributed by atoms with Gasteiger partial charge in [0.2, 0.25) is 5.91 Å². The van der Waals surface area contributed by atoms with Gasteiger partial charge >= 0.3 is 5.97 Å². The lowest BCUT2D eigenvalue weighted by Gasteiger charge is -2.20. The first-order chi connectivity index (χ1) is 9.52. The number of rotatable bonds is 8. The number of hydrogen-bond acceptors (Lipinski definition) is 3. The third-order valence-electron chi connectivity index (χ3n) is 2.78. The fourth-order valence-electron chi connectivity index (χ4n) is 1.72. The topological polar surface area (TPSA) is 66.8 Å². The van der Waals surface area contributed by atoms with E-state index in [-0.39, 0.29) is 25.4 Å². The van der Waals surface area contributed by atoms with E-state index in [2.05, 4.69) is 0 Å². The molecule has 20 heavy (non-hydrogen) atoms. The van der Waals surface area contributed by atoms with Crippen molar-refractivity contribution < 1.29 is 19.4 Å². The largest absolute Gasteiger partial charge is 0.480 e. The Kier molecular flexibility index (Phi) is 7.04. The van der Waals surface area contributed by atoms with E-state index in [4.69, 9.17) is 21.4 Å². The molecule has 0 aliphatic carbocycles. The van der Waals surface area contributed by atoms with Crippen LogP contribution in [0.5, 0.6) is 0 Å². The summed E-state index contributed by atoms with van der Waals surface area (Å²) in [5.41, 5.74) is 0.991. The Morgan fingerprint density at radius 2 is 1.95 bits per heavy atom. The number of ether oxygens (including phenoxy) is 1. The molecule has 1 N–H and O–H groups in total. The molecule has 0 aliphatic heterocycles. The van der Waals surface area contributed by atoms with Crippen molar-refractivity contribution in [1.29, 1.82) is 0 Å². The van der Waals surface area contributed by atoms with Gasteiger partial charge in [-0.15, -0.1) is 0 Å². The lowest BCUT2D eigenvalue weighted by molar-refractivity contribution is -0.144. The lowest BCUT2D eigenvalue weighted by atomic mass is 10.1. The molecular formula is C14H18ClNO4. The van der Waals surface area contributed by atoms with Crippen molar-refractivity contribution in [2.45, 2.75) is 12.8 Å². The molecule has 0 saturated heterocycles. The van der Waals surface area contributed by atoms with Gasteiger partial charge in [0, 0.05) is 25.1 Å². The zero-order valence-electron chi connectivity index (χ0n) is 11.3. The van der Waals surface area contributed by atoms with Crippen molar-refractivity contribution >= 4 is 23.5 Å². The fourth-order valence-corrected chi connectivity index (χ4v) is 1.84. The minimum atomic E-state index is -1.03. The maximum atomic E-state index is 12.0. The first kappa shape index (κ1) is 16.5. The summed E-state index contributed by atoms with van der Waals surface area (Å²) in [6.07, 6.45) is 0.817. The maximum absolute atomic E-state index is 12.0. The van der Waals surface area contributed by atoms with Crippen LogP contribution < -0.4 is 0 Å². The summed E-state index contributed by atoms with van der Waals surface area (Å²) in [6.45, 7) is 0.297. The molecule has 0 radical (unpaired) electrons. The van der Waals surface area contributed by atoms with Crippen LogP contribution in [0.3, 0.4) is 0 Å². The Labute approximate surface area is 123 Å². The SMILES string of the molecule is COCCN(CC(=O)O)C(=O)CCc1ccc(Cl)cc1. The summed E-state index contributed by atoms with van der Waals surface area (Å²) >= 11 is 5.78. The summed E-state index contributed by atoms with van der Waals surface area (Å²) in [6, 6.07) is 7.24. The molecule has 0 unspecified atom stereocenters. The Morgan fingerprint density at radius 3 is 2.50 bits per heavy atom. The minimum Gasteiger partial charge on any atom is -0.480 e. The molecule has 1 rings (SSSR count). The average molecular weight is 300 g/mol. The van der Waals surface area contributed by atoms with Crippen molar-refractivity contribution in [3.63, 3.8) is 0 Å². The molecular weight excluding hydrogens is 282 g/mol. The molecule has 1 amide bonds. The molecule has 0 heterocycles. The smallest absolute Gasteiger partial charge is 0.323 e. The monoisotopic (exact) mass is 299 g/mol. The summed E-state index contributed by atoms with van der Waals surface area (Å²) in [7, 11) is 1.51. The number of carbonyl (C=O) groups excluding carboxylic acids is 1. The van der Waals surface area contributed by atoms with E-state index in [0.717, 1.165) is 5.56 Å². The molecule has 1 aromatic carbocycles. The van der Waals surface area contributed by atoms with Crippen LogP contribution in [-0.2, 0) is 20.7 Å². The number of aliphatic carboxylic acids is 1. The number of carboxylic acid groups (broad SMARTS) is 1. The first-order valence-electron chi connectivity index (χ1n) is 6.26. The van der Waals surface area contributed by atoms with Crippen LogP contribution in [0.15, 0.2) is 24.3 Å². The van der Waals surface area contributed by atoms with E-state index in [0.29, 0.717) is 18.1 Å². The van der Waals surface area contributed by atoms with Crippen LogP contribution in [0.2, 0.25) is 5.02 Å². The summed E-state index contributed by atoms with van der Waals surface area (Å²) < 4.78 is 4.88. The highest BCUT2D eigenvalue weighted by Crippen LogP contribution is 2.11. The van der Waals surface area contributed by atoms with E-state index in [1.54, 1.807) is 12.1 Å². The van der Waals surface area contributed by atoms with Gasteiger partial charge in [0.25, 0.3) is 0 Å². The number of hydrogen-bond donors (Lipinski definition) is 1. The van der Waals surface area contributed by atoms with Gasteiger partial charge in [-0.1, -0.05) is 23.7 Å². The third kappa shape index (κ3) is 6.04. The van der Waals surface area contributed by atoms with Crippen molar-refractivity contribution in [3.8, 4) is 0 Å². The number of carbonyl (C=O) groups is 2. The van der Waals surface area contributed by atoms with Crippen LogP contribution in [0, 0.1) is 0 Å². The Bertz CT molecular complexity index is 447. The number of methoxy groups -OCH3 is 1. The highest BCUT2D eigenvalue weighted by atomic mass is 35.5. The highest BCUT2D eigenvalue weighted by molar-refractivity contribution is 6.30. The molecule has 0 atom stereocenters. The van der Waals surface area contributed by atoms with Gasteiger partial charge in [-0.05, 0) is 24.1 Å². The van der Waals surface area contributed by atoms with Crippen molar-refractivity contribution in [1.82, 2.24) is 4.90 Å². The van der Waals surface area contributed by atoms with E-state index >= 15 is 0 Å². The van der Waals surface area contributed by atoms with E-state index in [9.17, 15) is 9.59 Å². The number of aryl methyl sites for hydroxylation is 1. The van der Waals surface area contributed by atoms with Crippen LogP contribution in [0.1, 0.15) is 12.0 Å². The number of halogens is 1. The molecule has 0 aromatic heterocycles. The Balaban J connectivity index is 2.51. The Hall–Kier alpha value is -1.59. The number of amides is 1. The molecule has 0 fully saturated rings. The highest BCUT2D eigenvalue weighted by Gasteiger charge is 2.16. The zero-order chi connectivity index (χ0) is 15.0. The van der Waals surface area contributed by atoms with Gasteiger partial charge in [-0.2, -0.15) is 0 Å². The molecule has 0 aliphatic rings. The number of carboxylic acids is 1. The third-order valence-corrected chi connectivity index (χ3v) is 3.04. The second kappa shape index (κ2) is 8.55. The van der Waals surface area contributed by atoms with Gasteiger partial charge < -0.3 is 14.7 Å². The molecule has 5 nitrogen and oxygen atoms in total. The molecule has 110 valence electrons. The van der Waals surface area contributed by atoms with E-state index in [1.165, 1.54) is 12.0 Å². The number of benzene rings is 1. The average Bonchev–Trinajstić information content (AvgIpc) is 2.42. The van der Waals surface area contributed by atoms with E-state index in [1.807, 2.05) is 12.1 Å². The van der Waals surface area contributed by atoms with Crippen molar-refractivity contribution in [2.75, 3.05) is 26.8 Å². The van der Waals surface area contributed by atoms with Gasteiger partial charge in [0.15, 0.2) is 0 Å². The van der Waals surface area contributed by atoms with Crippen LogP contribution in [0.4, 0.5) is 0 Å². The van der Waals surface area contributed by atoms with Crippen LogP contribution >= 0.6 is 11.6 Å². The zero-order valence-corrected chi connectivity index (χ0v) is 12.1. The van der Waals surface area contributed by atoms with Gasteiger partial charge in [0.05, 0.1) is 6.61 Å². The lowest BCUT2D eigenvalue weighted by Crippen LogP contribution is -2.38. The van der Waals surface area contributed by atoms with E-state index < -0.39 is 5.97 Å². The fraction of sp³-hybridized carbons (Fsp3) is 0.429. The predicted octanol–water partition coefficient (Wildman–Crippen LogP) is 1.83. The molecule has 1 aromatic rings. The first-order valence-corrected chi connectivity index (χ1v) is 6.63.